The molecule has 0 fully saturated rings. The van der Waals surface area contributed by atoms with E-state index in [1.54, 1.807) is 7.05 Å². The molecule has 0 aliphatic carbocycles. The van der Waals surface area contributed by atoms with E-state index in [1.807, 2.05) is 0 Å². The summed E-state index contributed by atoms with van der Waals surface area (Å²) in [6, 6.07) is 0. The maximum atomic E-state index is 9.53. The van der Waals surface area contributed by atoms with Gasteiger partial charge in [-0.3, -0.25) is 9.97 Å². The summed E-state index contributed by atoms with van der Waals surface area (Å²) in [6.07, 6.45) is 2.58. The zero-order valence-corrected chi connectivity index (χ0v) is 7.38. The molecule has 1 rings (SSSR count). The molecule has 0 radical (unpaired) electrons. The van der Waals surface area contributed by atoms with Gasteiger partial charge in [-0.2, -0.15) is 0 Å². The topological polar surface area (TPSA) is 78.3 Å². The summed E-state index contributed by atoms with van der Waals surface area (Å²) in [4.78, 5) is 7.68. The van der Waals surface area contributed by atoms with Gasteiger partial charge in [-0.05, 0) is 7.05 Å². The molecule has 0 spiro atoms. The average molecular weight is 183 g/mol. The molecular formula is C8H13N3O2. The maximum Gasteiger partial charge on any atom is 0.125 e. The lowest BCUT2D eigenvalue weighted by Crippen LogP contribution is -2.30. The van der Waals surface area contributed by atoms with Crippen LogP contribution in [0.5, 0.6) is 0 Å². The summed E-state index contributed by atoms with van der Waals surface area (Å²) < 4.78 is 0. The third-order valence-electron chi connectivity index (χ3n) is 1.66. The first-order valence-electron chi connectivity index (χ1n) is 4.02. The summed E-state index contributed by atoms with van der Waals surface area (Å²) in [5.74, 6) is 0. The van der Waals surface area contributed by atoms with E-state index in [0.717, 1.165) is 0 Å². The second-order valence-corrected chi connectivity index (χ2v) is 2.70. The standard InChI is InChI=1S/C8H13N3O2/c1-9-5-7(12)8(13)6-4-10-2-3-11-6/h2-4,7-9,12-13H,5H2,1H3. The van der Waals surface area contributed by atoms with E-state index < -0.39 is 12.2 Å². The molecular weight excluding hydrogens is 170 g/mol. The molecule has 2 atom stereocenters. The van der Waals surface area contributed by atoms with E-state index >= 15 is 0 Å². The average Bonchev–Trinajstić information content (AvgIpc) is 2.18. The number of aromatic nitrogens is 2. The fraction of sp³-hybridized carbons (Fsp3) is 0.500. The largest absolute Gasteiger partial charge is 0.389 e. The smallest absolute Gasteiger partial charge is 0.125 e. The number of hydrogen-bond donors (Lipinski definition) is 3. The third kappa shape index (κ3) is 2.73. The van der Waals surface area contributed by atoms with Crippen molar-refractivity contribution in [3.05, 3.63) is 24.3 Å². The van der Waals surface area contributed by atoms with Crippen molar-refractivity contribution < 1.29 is 10.2 Å². The summed E-state index contributed by atoms with van der Waals surface area (Å²) in [6.45, 7) is 0.317. The van der Waals surface area contributed by atoms with Crippen LogP contribution in [0.4, 0.5) is 0 Å². The second kappa shape index (κ2) is 4.86. The van der Waals surface area contributed by atoms with E-state index in [4.69, 9.17) is 0 Å². The number of nitrogens with zero attached hydrogens (tertiary/aromatic N) is 2. The lowest BCUT2D eigenvalue weighted by atomic mass is 10.1. The number of aliphatic hydroxyl groups excluding tert-OH is 2. The molecule has 2 unspecified atom stereocenters. The molecule has 0 amide bonds. The van der Waals surface area contributed by atoms with Gasteiger partial charge in [0, 0.05) is 18.9 Å². The molecule has 1 aromatic heterocycles. The van der Waals surface area contributed by atoms with Crippen LogP contribution in [0.25, 0.3) is 0 Å². The summed E-state index contributed by atoms with van der Waals surface area (Å²) in [5.41, 5.74) is 0.380. The lowest BCUT2D eigenvalue weighted by molar-refractivity contribution is 0.0174. The molecule has 0 saturated heterocycles. The van der Waals surface area contributed by atoms with Crippen LogP contribution >= 0.6 is 0 Å². The first-order chi connectivity index (χ1) is 6.25. The number of hydrogen-bond acceptors (Lipinski definition) is 5. The first kappa shape index (κ1) is 10.0. The molecule has 0 bridgehead atoms. The quantitative estimate of drug-likeness (QED) is 0.563. The van der Waals surface area contributed by atoms with Crippen molar-refractivity contribution in [3.63, 3.8) is 0 Å². The van der Waals surface area contributed by atoms with Crippen LogP contribution in [-0.2, 0) is 0 Å². The van der Waals surface area contributed by atoms with Crippen LogP contribution in [-0.4, -0.2) is 39.9 Å². The number of nitrogens with one attached hydrogen (secondary N) is 1. The van der Waals surface area contributed by atoms with Crippen molar-refractivity contribution in [2.75, 3.05) is 13.6 Å². The Labute approximate surface area is 76.5 Å². The predicted octanol–water partition coefficient (Wildman–Crippen LogP) is -0.910. The van der Waals surface area contributed by atoms with E-state index in [2.05, 4.69) is 15.3 Å². The first-order valence-corrected chi connectivity index (χ1v) is 4.02. The van der Waals surface area contributed by atoms with Gasteiger partial charge in [-0.1, -0.05) is 0 Å². The highest BCUT2D eigenvalue weighted by Gasteiger charge is 2.18. The predicted molar refractivity (Wildman–Crippen MR) is 46.9 cm³/mol. The van der Waals surface area contributed by atoms with Gasteiger partial charge in [-0.25, -0.2) is 0 Å². The Morgan fingerprint density at radius 3 is 2.77 bits per heavy atom. The second-order valence-electron chi connectivity index (χ2n) is 2.70. The minimum absolute atomic E-state index is 0.317. The van der Waals surface area contributed by atoms with Crippen LogP contribution in [0, 0.1) is 0 Å². The van der Waals surface area contributed by atoms with Gasteiger partial charge in [0.15, 0.2) is 0 Å². The fourth-order valence-corrected chi connectivity index (χ4v) is 0.981. The van der Waals surface area contributed by atoms with E-state index in [-0.39, 0.29) is 0 Å². The molecule has 5 heteroatoms. The van der Waals surface area contributed by atoms with Gasteiger partial charge in [0.1, 0.15) is 6.10 Å². The van der Waals surface area contributed by atoms with Gasteiger partial charge in [0.25, 0.3) is 0 Å². The van der Waals surface area contributed by atoms with Gasteiger partial charge in [0.2, 0.25) is 0 Å². The monoisotopic (exact) mass is 183 g/mol. The molecule has 1 aromatic rings. The Bertz CT molecular complexity index is 242. The molecule has 13 heavy (non-hydrogen) atoms. The highest BCUT2D eigenvalue weighted by molar-refractivity contribution is 5.01. The molecule has 72 valence electrons. The van der Waals surface area contributed by atoms with Crippen LogP contribution in [0.15, 0.2) is 18.6 Å². The number of aliphatic hydroxyl groups is 2. The van der Waals surface area contributed by atoms with Crippen molar-refractivity contribution >= 4 is 0 Å². The van der Waals surface area contributed by atoms with Crippen molar-refractivity contribution in [2.45, 2.75) is 12.2 Å². The molecule has 3 N–H and O–H groups in total. The van der Waals surface area contributed by atoms with Gasteiger partial charge < -0.3 is 15.5 Å². The Morgan fingerprint density at radius 1 is 1.46 bits per heavy atom. The highest BCUT2D eigenvalue weighted by atomic mass is 16.3. The van der Waals surface area contributed by atoms with Crippen molar-refractivity contribution in [1.82, 2.24) is 15.3 Å². The number of likely N-dealkylation sites (N-methyl/N-ethyl adjacent to an activating group) is 1. The molecule has 5 nitrogen and oxygen atoms in total. The van der Waals surface area contributed by atoms with Gasteiger partial charge in [0.05, 0.1) is 18.0 Å². The molecule has 0 saturated carbocycles. The Hall–Kier alpha value is -1.04. The fourth-order valence-electron chi connectivity index (χ4n) is 0.981. The Kier molecular flexibility index (Phi) is 3.75. The molecule has 1 heterocycles. The van der Waals surface area contributed by atoms with Crippen LogP contribution in [0.2, 0.25) is 0 Å². The SMILES string of the molecule is CNCC(O)C(O)c1cnccn1. The summed E-state index contributed by atoms with van der Waals surface area (Å²) in [7, 11) is 1.70. The normalized spacial score (nSPS) is 15.3. The molecule has 0 aromatic carbocycles. The van der Waals surface area contributed by atoms with Crippen LogP contribution in [0.3, 0.4) is 0 Å². The minimum atomic E-state index is -0.985. The van der Waals surface area contributed by atoms with Crippen molar-refractivity contribution in [3.8, 4) is 0 Å². The van der Waals surface area contributed by atoms with E-state index in [9.17, 15) is 10.2 Å². The Morgan fingerprint density at radius 2 is 2.23 bits per heavy atom. The van der Waals surface area contributed by atoms with Gasteiger partial charge >= 0.3 is 0 Å². The lowest BCUT2D eigenvalue weighted by Gasteiger charge is -2.15. The van der Waals surface area contributed by atoms with E-state index in [0.29, 0.717) is 12.2 Å². The third-order valence-corrected chi connectivity index (χ3v) is 1.66. The van der Waals surface area contributed by atoms with Crippen molar-refractivity contribution in [2.24, 2.45) is 0 Å². The molecule has 0 aliphatic heterocycles. The highest BCUT2D eigenvalue weighted by Crippen LogP contribution is 2.11. The summed E-state index contributed by atoms with van der Waals surface area (Å²) >= 11 is 0. The Balaban J connectivity index is 2.62. The zero-order chi connectivity index (χ0) is 9.68. The number of rotatable bonds is 4. The van der Waals surface area contributed by atoms with E-state index in [1.165, 1.54) is 18.6 Å². The molecule has 0 aliphatic rings. The van der Waals surface area contributed by atoms with Crippen molar-refractivity contribution in [1.29, 1.82) is 0 Å². The van der Waals surface area contributed by atoms with Gasteiger partial charge in [-0.15, -0.1) is 0 Å². The minimum Gasteiger partial charge on any atom is -0.389 e. The maximum absolute atomic E-state index is 9.53. The van der Waals surface area contributed by atoms with Crippen LogP contribution in [0.1, 0.15) is 11.8 Å². The van der Waals surface area contributed by atoms with Crippen LogP contribution < -0.4 is 5.32 Å². The summed E-state index contributed by atoms with van der Waals surface area (Å²) in [5, 5.41) is 21.7. The zero-order valence-electron chi connectivity index (χ0n) is 7.38.